The Morgan fingerprint density at radius 3 is 2.44 bits per heavy atom. The summed E-state index contributed by atoms with van der Waals surface area (Å²) in [6.45, 7) is 8.73. The van der Waals surface area contributed by atoms with Crippen LogP contribution in [-0.4, -0.2) is 41.1 Å². The molecule has 0 spiro atoms. The van der Waals surface area contributed by atoms with Gasteiger partial charge in [-0.25, -0.2) is 0 Å². The highest BCUT2D eigenvalue weighted by Crippen LogP contribution is 2.24. The Bertz CT molecular complexity index is 258. The molecule has 3 N–H and O–H groups in total. The Balaban J connectivity index is 2.71. The first-order valence-corrected chi connectivity index (χ1v) is 5.95. The van der Waals surface area contributed by atoms with Gasteiger partial charge < -0.3 is 15.7 Å². The molecule has 4 heteroatoms. The SMILES string of the molecule is CC(O)C1CC(N)CN(C(=O)C(C)(C)C)C1. The molecule has 16 heavy (non-hydrogen) atoms. The number of aliphatic hydroxyl groups excluding tert-OH is 1. The molecule has 1 aliphatic rings. The van der Waals surface area contributed by atoms with Crippen LogP contribution in [0.25, 0.3) is 0 Å². The summed E-state index contributed by atoms with van der Waals surface area (Å²) < 4.78 is 0. The van der Waals surface area contributed by atoms with Crippen LogP contribution in [0.2, 0.25) is 0 Å². The number of hydrogen-bond acceptors (Lipinski definition) is 3. The normalized spacial score (nSPS) is 29.0. The minimum atomic E-state index is -0.401. The number of hydrogen-bond donors (Lipinski definition) is 2. The lowest BCUT2D eigenvalue weighted by Crippen LogP contribution is -2.54. The lowest BCUT2D eigenvalue weighted by Gasteiger charge is -2.40. The molecular formula is C12H24N2O2. The zero-order valence-corrected chi connectivity index (χ0v) is 10.7. The van der Waals surface area contributed by atoms with Gasteiger partial charge in [-0.15, -0.1) is 0 Å². The van der Waals surface area contributed by atoms with E-state index in [1.807, 2.05) is 20.8 Å². The third-order valence-corrected chi connectivity index (χ3v) is 3.13. The van der Waals surface area contributed by atoms with Gasteiger partial charge in [-0.2, -0.15) is 0 Å². The van der Waals surface area contributed by atoms with Crippen molar-refractivity contribution in [3.63, 3.8) is 0 Å². The van der Waals surface area contributed by atoms with Gasteiger partial charge in [-0.05, 0) is 13.3 Å². The van der Waals surface area contributed by atoms with Gasteiger partial charge in [-0.3, -0.25) is 4.79 Å². The number of rotatable bonds is 1. The fourth-order valence-electron chi connectivity index (χ4n) is 2.17. The number of carbonyl (C=O) groups excluding carboxylic acids is 1. The van der Waals surface area contributed by atoms with E-state index in [-0.39, 0.29) is 23.3 Å². The second-order valence-corrected chi connectivity index (χ2v) is 5.96. The maximum Gasteiger partial charge on any atom is 0.228 e. The molecule has 1 rings (SSSR count). The van der Waals surface area contributed by atoms with Crippen molar-refractivity contribution < 1.29 is 9.90 Å². The first kappa shape index (κ1) is 13.5. The Labute approximate surface area is 97.8 Å². The molecule has 0 saturated carbocycles. The van der Waals surface area contributed by atoms with Crippen molar-refractivity contribution in [2.45, 2.75) is 46.3 Å². The van der Waals surface area contributed by atoms with Crippen LogP contribution in [0.15, 0.2) is 0 Å². The van der Waals surface area contributed by atoms with E-state index < -0.39 is 6.10 Å². The molecule has 0 aromatic carbocycles. The molecule has 1 aliphatic heterocycles. The summed E-state index contributed by atoms with van der Waals surface area (Å²) in [6.07, 6.45) is 0.396. The van der Waals surface area contributed by atoms with Crippen LogP contribution in [-0.2, 0) is 4.79 Å². The molecule has 1 amide bonds. The molecular weight excluding hydrogens is 204 g/mol. The van der Waals surface area contributed by atoms with E-state index >= 15 is 0 Å². The zero-order chi connectivity index (χ0) is 12.5. The number of aliphatic hydroxyl groups is 1. The molecule has 1 heterocycles. The topological polar surface area (TPSA) is 66.6 Å². The van der Waals surface area contributed by atoms with E-state index in [1.54, 1.807) is 11.8 Å². The summed E-state index contributed by atoms with van der Waals surface area (Å²) in [5, 5.41) is 9.60. The lowest BCUT2D eigenvalue weighted by molar-refractivity contribution is -0.142. The Morgan fingerprint density at radius 2 is 2.00 bits per heavy atom. The van der Waals surface area contributed by atoms with Crippen LogP contribution in [0.5, 0.6) is 0 Å². The maximum atomic E-state index is 12.1. The van der Waals surface area contributed by atoms with Gasteiger partial charge in [0, 0.05) is 30.5 Å². The Kier molecular flexibility index (Phi) is 3.97. The van der Waals surface area contributed by atoms with Crippen molar-refractivity contribution >= 4 is 5.91 Å². The molecule has 4 nitrogen and oxygen atoms in total. The van der Waals surface area contributed by atoms with E-state index in [4.69, 9.17) is 5.73 Å². The molecule has 94 valence electrons. The summed E-state index contributed by atoms with van der Waals surface area (Å²) in [6, 6.07) is -0.0142. The Morgan fingerprint density at radius 1 is 1.44 bits per heavy atom. The summed E-state index contributed by atoms with van der Waals surface area (Å²) >= 11 is 0. The minimum Gasteiger partial charge on any atom is -0.393 e. The van der Waals surface area contributed by atoms with Gasteiger partial charge in [-0.1, -0.05) is 20.8 Å². The first-order chi connectivity index (χ1) is 7.21. The van der Waals surface area contributed by atoms with Gasteiger partial charge in [0.15, 0.2) is 0 Å². The number of amides is 1. The van der Waals surface area contributed by atoms with Gasteiger partial charge in [0.2, 0.25) is 5.91 Å². The Hall–Kier alpha value is -0.610. The van der Waals surface area contributed by atoms with Crippen LogP contribution in [0.1, 0.15) is 34.1 Å². The number of carbonyl (C=O) groups is 1. The molecule has 0 aliphatic carbocycles. The van der Waals surface area contributed by atoms with Crippen molar-refractivity contribution in [2.75, 3.05) is 13.1 Å². The zero-order valence-electron chi connectivity index (χ0n) is 10.7. The van der Waals surface area contributed by atoms with Crippen LogP contribution in [0, 0.1) is 11.3 Å². The van der Waals surface area contributed by atoms with Crippen LogP contribution < -0.4 is 5.73 Å². The standard InChI is InChI=1S/C12H24N2O2/c1-8(15)9-5-10(13)7-14(6-9)11(16)12(2,3)4/h8-10,15H,5-7,13H2,1-4H3. The molecule has 0 radical (unpaired) electrons. The third-order valence-electron chi connectivity index (χ3n) is 3.13. The summed E-state index contributed by atoms with van der Waals surface area (Å²) in [5.74, 6) is 0.225. The van der Waals surface area contributed by atoms with E-state index in [9.17, 15) is 9.90 Å². The summed E-state index contributed by atoms with van der Waals surface area (Å²) in [4.78, 5) is 13.9. The number of piperidine rings is 1. The van der Waals surface area contributed by atoms with E-state index in [2.05, 4.69) is 0 Å². The average molecular weight is 228 g/mol. The largest absolute Gasteiger partial charge is 0.393 e. The van der Waals surface area contributed by atoms with Crippen molar-refractivity contribution in [1.29, 1.82) is 0 Å². The number of nitrogens with zero attached hydrogens (tertiary/aromatic N) is 1. The van der Waals surface area contributed by atoms with Crippen LogP contribution >= 0.6 is 0 Å². The molecule has 0 aromatic heterocycles. The monoisotopic (exact) mass is 228 g/mol. The van der Waals surface area contributed by atoms with E-state index in [1.165, 1.54) is 0 Å². The molecule has 0 bridgehead atoms. The second-order valence-electron chi connectivity index (χ2n) is 5.96. The van der Waals surface area contributed by atoms with Gasteiger partial charge >= 0.3 is 0 Å². The average Bonchev–Trinajstić information content (AvgIpc) is 2.14. The van der Waals surface area contributed by atoms with Gasteiger partial charge in [0.05, 0.1) is 6.10 Å². The maximum absolute atomic E-state index is 12.1. The van der Waals surface area contributed by atoms with E-state index in [0.717, 1.165) is 6.42 Å². The minimum absolute atomic E-state index is 0.0142. The fourth-order valence-corrected chi connectivity index (χ4v) is 2.17. The smallest absolute Gasteiger partial charge is 0.228 e. The predicted octanol–water partition coefficient (Wildman–Crippen LogP) is 0.589. The van der Waals surface area contributed by atoms with E-state index in [0.29, 0.717) is 13.1 Å². The first-order valence-electron chi connectivity index (χ1n) is 5.95. The molecule has 3 unspecified atom stereocenters. The summed E-state index contributed by atoms with van der Waals surface area (Å²) in [7, 11) is 0. The van der Waals surface area contributed by atoms with Gasteiger partial charge in [0.25, 0.3) is 0 Å². The molecule has 0 aromatic rings. The van der Waals surface area contributed by atoms with Crippen molar-refractivity contribution in [1.82, 2.24) is 4.90 Å². The van der Waals surface area contributed by atoms with Crippen LogP contribution in [0.4, 0.5) is 0 Å². The van der Waals surface area contributed by atoms with Gasteiger partial charge in [0.1, 0.15) is 0 Å². The highest BCUT2D eigenvalue weighted by molar-refractivity contribution is 5.81. The molecule has 1 saturated heterocycles. The fraction of sp³-hybridized carbons (Fsp3) is 0.917. The van der Waals surface area contributed by atoms with Crippen LogP contribution in [0.3, 0.4) is 0 Å². The highest BCUT2D eigenvalue weighted by Gasteiger charge is 2.34. The molecule has 3 atom stereocenters. The molecule has 1 fully saturated rings. The quantitative estimate of drug-likeness (QED) is 0.690. The lowest BCUT2D eigenvalue weighted by atomic mass is 9.87. The number of likely N-dealkylation sites (tertiary alicyclic amines) is 1. The predicted molar refractivity (Wildman–Crippen MR) is 63.8 cm³/mol. The second kappa shape index (κ2) is 4.72. The third kappa shape index (κ3) is 3.19. The van der Waals surface area contributed by atoms with Crippen molar-refractivity contribution in [3.05, 3.63) is 0 Å². The van der Waals surface area contributed by atoms with Crippen molar-refractivity contribution in [3.8, 4) is 0 Å². The summed E-state index contributed by atoms with van der Waals surface area (Å²) in [5.41, 5.74) is 5.55. The van der Waals surface area contributed by atoms with Crippen molar-refractivity contribution in [2.24, 2.45) is 17.1 Å². The highest BCUT2D eigenvalue weighted by atomic mass is 16.3. The number of nitrogens with two attached hydrogens (primary N) is 1.